The molecule has 2 aromatic carbocycles. The Morgan fingerprint density at radius 1 is 1.05 bits per heavy atom. The van der Waals surface area contributed by atoms with Crippen LogP contribution in [0.3, 0.4) is 0 Å². The number of rotatable bonds is 4. The van der Waals surface area contributed by atoms with E-state index in [1.165, 1.54) is 23.5 Å². The monoisotopic (exact) mass is 307 g/mol. The molecule has 0 fully saturated rings. The van der Waals surface area contributed by atoms with Gasteiger partial charge in [0.15, 0.2) is 0 Å². The maximum absolute atomic E-state index is 13.2. The van der Waals surface area contributed by atoms with Gasteiger partial charge in [-0.25, -0.2) is 12.8 Å². The van der Waals surface area contributed by atoms with Gasteiger partial charge < -0.3 is 0 Å². The van der Waals surface area contributed by atoms with Crippen molar-refractivity contribution in [3.05, 3.63) is 65.0 Å². The molecule has 112 valence electrons. The highest BCUT2D eigenvalue weighted by Crippen LogP contribution is 2.20. The molecule has 0 aliphatic heterocycles. The van der Waals surface area contributed by atoms with Gasteiger partial charge in [0.2, 0.25) is 10.0 Å². The molecule has 0 saturated heterocycles. The van der Waals surface area contributed by atoms with Crippen molar-refractivity contribution in [3.8, 4) is 0 Å². The summed E-state index contributed by atoms with van der Waals surface area (Å²) < 4.78 is 39.4. The largest absolute Gasteiger partial charge is 0.243 e. The molecule has 0 amide bonds. The van der Waals surface area contributed by atoms with Crippen molar-refractivity contribution in [2.24, 2.45) is 0 Å². The molecule has 2 rings (SSSR count). The summed E-state index contributed by atoms with van der Waals surface area (Å²) in [7, 11) is -2.08. The van der Waals surface area contributed by atoms with E-state index in [1.54, 1.807) is 30.3 Å². The third-order valence-corrected chi connectivity index (χ3v) is 5.28. The Balaban J connectivity index is 2.28. The maximum atomic E-state index is 13.2. The number of hydrogen-bond acceptors (Lipinski definition) is 2. The first kappa shape index (κ1) is 15.7. The first-order valence-electron chi connectivity index (χ1n) is 6.59. The van der Waals surface area contributed by atoms with Crippen LogP contribution in [0, 0.1) is 19.7 Å². The summed E-state index contributed by atoms with van der Waals surface area (Å²) in [6.45, 7) is 3.94. The molecule has 5 heteroatoms. The van der Waals surface area contributed by atoms with Crippen molar-refractivity contribution in [1.29, 1.82) is 0 Å². The highest BCUT2D eigenvalue weighted by Gasteiger charge is 2.21. The third kappa shape index (κ3) is 3.49. The summed E-state index contributed by atoms with van der Waals surface area (Å²) in [5, 5.41) is 0. The second-order valence-corrected chi connectivity index (χ2v) is 7.18. The van der Waals surface area contributed by atoms with Crippen molar-refractivity contribution in [2.45, 2.75) is 25.3 Å². The summed E-state index contributed by atoms with van der Waals surface area (Å²) in [6.07, 6.45) is 0. The van der Waals surface area contributed by atoms with Crippen LogP contribution in [-0.4, -0.2) is 19.8 Å². The molecular weight excluding hydrogens is 289 g/mol. The summed E-state index contributed by atoms with van der Waals surface area (Å²) >= 11 is 0. The molecule has 0 heterocycles. The average molecular weight is 307 g/mol. The third-order valence-electron chi connectivity index (χ3n) is 3.48. The molecule has 0 aliphatic carbocycles. The number of nitrogens with zero attached hydrogens (tertiary/aromatic N) is 1. The van der Waals surface area contributed by atoms with Gasteiger partial charge in [-0.1, -0.05) is 18.2 Å². The summed E-state index contributed by atoms with van der Waals surface area (Å²) in [5.41, 5.74) is 2.59. The van der Waals surface area contributed by atoms with E-state index in [2.05, 4.69) is 0 Å². The van der Waals surface area contributed by atoms with Gasteiger partial charge in [-0.15, -0.1) is 0 Å². The average Bonchev–Trinajstić information content (AvgIpc) is 2.41. The molecular formula is C16H18FNO2S. The zero-order chi connectivity index (χ0) is 15.6. The summed E-state index contributed by atoms with van der Waals surface area (Å²) in [6, 6.07) is 11.0. The smallest absolute Gasteiger partial charge is 0.207 e. The van der Waals surface area contributed by atoms with Crippen LogP contribution in [0.5, 0.6) is 0 Å². The van der Waals surface area contributed by atoms with Gasteiger partial charge in [-0.05, 0) is 54.8 Å². The zero-order valence-corrected chi connectivity index (χ0v) is 13.1. The Hall–Kier alpha value is -1.72. The summed E-state index contributed by atoms with van der Waals surface area (Å²) in [5.74, 6) is -0.371. The molecule has 0 N–H and O–H groups in total. The minimum Gasteiger partial charge on any atom is -0.207 e. The molecule has 0 atom stereocenters. The molecule has 0 aromatic heterocycles. The second-order valence-electron chi connectivity index (χ2n) is 5.14. The van der Waals surface area contributed by atoms with Crippen LogP contribution in [0.15, 0.2) is 47.4 Å². The first-order valence-corrected chi connectivity index (χ1v) is 8.03. The van der Waals surface area contributed by atoms with E-state index in [1.807, 2.05) is 13.8 Å². The Morgan fingerprint density at radius 2 is 1.76 bits per heavy atom. The van der Waals surface area contributed by atoms with Crippen molar-refractivity contribution in [3.63, 3.8) is 0 Å². The quantitative estimate of drug-likeness (QED) is 0.869. The molecule has 21 heavy (non-hydrogen) atoms. The fourth-order valence-corrected chi connectivity index (χ4v) is 3.28. The second kappa shape index (κ2) is 5.95. The fourth-order valence-electron chi connectivity index (χ4n) is 2.03. The van der Waals surface area contributed by atoms with Gasteiger partial charge >= 0.3 is 0 Å². The Kier molecular flexibility index (Phi) is 4.44. The molecule has 0 aliphatic rings. The van der Waals surface area contributed by atoms with Gasteiger partial charge in [0.05, 0.1) is 4.90 Å². The Bertz CT molecular complexity index is 757. The number of sulfonamides is 1. The molecule has 2 aromatic rings. The van der Waals surface area contributed by atoms with E-state index < -0.39 is 10.0 Å². The SMILES string of the molecule is Cc1ccc(S(=O)(=O)N(C)Cc2cccc(F)c2)cc1C. The van der Waals surface area contributed by atoms with Crippen molar-refractivity contribution >= 4 is 10.0 Å². The minimum absolute atomic E-state index is 0.132. The van der Waals surface area contributed by atoms with Crippen LogP contribution in [0.2, 0.25) is 0 Å². The standard InChI is InChI=1S/C16H18FNO2S/c1-12-7-8-16(9-13(12)2)21(19,20)18(3)11-14-5-4-6-15(17)10-14/h4-10H,11H2,1-3H3. The van der Waals surface area contributed by atoms with E-state index in [-0.39, 0.29) is 17.3 Å². The lowest BCUT2D eigenvalue weighted by Crippen LogP contribution is -2.26. The Labute approximate surface area is 125 Å². The van der Waals surface area contributed by atoms with Crippen LogP contribution in [-0.2, 0) is 16.6 Å². The van der Waals surface area contributed by atoms with Crippen LogP contribution >= 0.6 is 0 Å². The number of aryl methyl sites for hydroxylation is 2. The van der Waals surface area contributed by atoms with E-state index in [4.69, 9.17) is 0 Å². The Morgan fingerprint density at radius 3 is 2.38 bits per heavy atom. The van der Waals surface area contributed by atoms with Crippen molar-refractivity contribution in [1.82, 2.24) is 4.31 Å². The van der Waals surface area contributed by atoms with Gasteiger partial charge in [0, 0.05) is 13.6 Å². The molecule has 0 saturated carbocycles. The lowest BCUT2D eigenvalue weighted by molar-refractivity contribution is 0.465. The lowest BCUT2D eigenvalue weighted by Gasteiger charge is -2.18. The number of hydrogen-bond donors (Lipinski definition) is 0. The number of halogens is 1. The fraction of sp³-hybridized carbons (Fsp3) is 0.250. The van der Waals surface area contributed by atoms with Crippen molar-refractivity contribution < 1.29 is 12.8 Å². The van der Waals surface area contributed by atoms with Gasteiger partial charge in [-0.3, -0.25) is 0 Å². The van der Waals surface area contributed by atoms with Gasteiger partial charge in [0.25, 0.3) is 0 Å². The van der Waals surface area contributed by atoms with E-state index >= 15 is 0 Å². The predicted molar refractivity (Wildman–Crippen MR) is 81.0 cm³/mol. The molecule has 3 nitrogen and oxygen atoms in total. The van der Waals surface area contributed by atoms with Crippen LogP contribution in [0.4, 0.5) is 4.39 Å². The van der Waals surface area contributed by atoms with Gasteiger partial charge in [0.1, 0.15) is 5.82 Å². The normalized spacial score (nSPS) is 11.9. The van der Waals surface area contributed by atoms with Crippen LogP contribution in [0.25, 0.3) is 0 Å². The van der Waals surface area contributed by atoms with E-state index in [0.29, 0.717) is 5.56 Å². The predicted octanol–water partition coefficient (Wildman–Crippen LogP) is 3.26. The molecule has 0 radical (unpaired) electrons. The highest BCUT2D eigenvalue weighted by molar-refractivity contribution is 7.89. The lowest BCUT2D eigenvalue weighted by atomic mass is 10.1. The van der Waals surface area contributed by atoms with Crippen LogP contribution < -0.4 is 0 Å². The van der Waals surface area contributed by atoms with E-state index in [0.717, 1.165) is 11.1 Å². The zero-order valence-electron chi connectivity index (χ0n) is 12.3. The minimum atomic E-state index is -3.58. The van der Waals surface area contributed by atoms with Crippen LogP contribution in [0.1, 0.15) is 16.7 Å². The van der Waals surface area contributed by atoms with Gasteiger partial charge in [-0.2, -0.15) is 4.31 Å². The molecule has 0 spiro atoms. The first-order chi connectivity index (χ1) is 9.80. The molecule has 0 unspecified atom stereocenters. The maximum Gasteiger partial charge on any atom is 0.243 e. The van der Waals surface area contributed by atoms with E-state index in [9.17, 15) is 12.8 Å². The van der Waals surface area contributed by atoms with Crippen molar-refractivity contribution in [2.75, 3.05) is 7.05 Å². The number of benzene rings is 2. The molecule has 0 bridgehead atoms. The topological polar surface area (TPSA) is 37.4 Å². The highest BCUT2D eigenvalue weighted by atomic mass is 32.2. The summed E-state index contributed by atoms with van der Waals surface area (Å²) in [4.78, 5) is 0.254.